The SMILES string of the molecule is Nc1nc(N2CCCCC2)nc(N2CCCOCC2)n1. The van der Waals surface area contributed by atoms with Crippen molar-refractivity contribution in [3.8, 4) is 0 Å². The molecule has 0 spiro atoms. The van der Waals surface area contributed by atoms with E-state index in [2.05, 4.69) is 24.8 Å². The molecular weight excluding hydrogens is 256 g/mol. The van der Waals surface area contributed by atoms with Crippen molar-refractivity contribution in [1.29, 1.82) is 0 Å². The van der Waals surface area contributed by atoms with E-state index in [1.165, 1.54) is 19.3 Å². The number of ether oxygens (including phenoxy) is 1. The Morgan fingerprint density at radius 2 is 1.40 bits per heavy atom. The standard InChI is InChI=1S/C13H22N6O/c14-11-15-12(18-5-2-1-3-6-18)17-13(16-11)19-7-4-9-20-10-8-19/h1-10H2,(H2,14,15,16,17). The van der Waals surface area contributed by atoms with E-state index in [-0.39, 0.29) is 0 Å². The minimum absolute atomic E-state index is 0.306. The molecule has 0 radical (unpaired) electrons. The van der Waals surface area contributed by atoms with Gasteiger partial charge in [0.2, 0.25) is 17.8 Å². The third-order valence-corrected chi connectivity index (χ3v) is 3.77. The summed E-state index contributed by atoms with van der Waals surface area (Å²) in [6, 6.07) is 0. The number of aromatic nitrogens is 3. The maximum atomic E-state index is 5.87. The molecule has 0 amide bonds. The number of rotatable bonds is 2. The summed E-state index contributed by atoms with van der Waals surface area (Å²) in [6.07, 6.45) is 4.66. The second-order valence-electron chi connectivity index (χ2n) is 5.29. The first-order valence-electron chi connectivity index (χ1n) is 7.42. The highest BCUT2D eigenvalue weighted by Gasteiger charge is 2.19. The number of nitrogen functional groups attached to an aromatic ring is 1. The third kappa shape index (κ3) is 3.09. The normalized spacial score (nSPS) is 20.8. The average molecular weight is 278 g/mol. The first-order chi connectivity index (χ1) is 9.83. The molecule has 110 valence electrons. The van der Waals surface area contributed by atoms with Gasteiger partial charge < -0.3 is 20.3 Å². The molecule has 3 rings (SSSR count). The predicted octanol–water partition coefficient (Wildman–Crippen LogP) is 0.671. The Balaban J connectivity index is 1.81. The van der Waals surface area contributed by atoms with Crippen molar-refractivity contribution >= 4 is 17.8 Å². The van der Waals surface area contributed by atoms with Gasteiger partial charge in [-0.15, -0.1) is 0 Å². The van der Waals surface area contributed by atoms with Crippen molar-refractivity contribution in [2.75, 3.05) is 54.9 Å². The van der Waals surface area contributed by atoms with Gasteiger partial charge in [-0.25, -0.2) is 0 Å². The van der Waals surface area contributed by atoms with Gasteiger partial charge in [-0.3, -0.25) is 0 Å². The molecule has 0 aromatic carbocycles. The fraction of sp³-hybridized carbons (Fsp3) is 0.769. The van der Waals surface area contributed by atoms with Crippen LogP contribution in [0.15, 0.2) is 0 Å². The van der Waals surface area contributed by atoms with E-state index in [1.54, 1.807) is 0 Å². The fourth-order valence-electron chi connectivity index (χ4n) is 2.69. The van der Waals surface area contributed by atoms with E-state index >= 15 is 0 Å². The third-order valence-electron chi connectivity index (χ3n) is 3.77. The van der Waals surface area contributed by atoms with Gasteiger partial charge in [0.05, 0.1) is 6.61 Å². The Morgan fingerprint density at radius 3 is 2.15 bits per heavy atom. The average Bonchev–Trinajstić information content (AvgIpc) is 2.77. The van der Waals surface area contributed by atoms with E-state index < -0.39 is 0 Å². The molecule has 0 saturated carbocycles. The summed E-state index contributed by atoms with van der Waals surface area (Å²) in [5, 5.41) is 0. The molecule has 7 heteroatoms. The van der Waals surface area contributed by atoms with Crippen molar-refractivity contribution < 1.29 is 4.74 Å². The van der Waals surface area contributed by atoms with Crippen molar-refractivity contribution in [2.45, 2.75) is 25.7 Å². The Kier molecular flexibility index (Phi) is 4.15. The van der Waals surface area contributed by atoms with E-state index in [1.807, 2.05) is 0 Å². The summed E-state index contributed by atoms with van der Waals surface area (Å²) < 4.78 is 5.47. The smallest absolute Gasteiger partial charge is 0.232 e. The van der Waals surface area contributed by atoms with Crippen LogP contribution < -0.4 is 15.5 Å². The van der Waals surface area contributed by atoms with Crippen molar-refractivity contribution in [2.24, 2.45) is 0 Å². The summed E-state index contributed by atoms with van der Waals surface area (Å²) in [7, 11) is 0. The molecule has 0 bridgehead atoms. The van der Waals surface area contributed by atoms with Crippen LogP contribution in [-0.2, 0) is 4.74 Å². The largest absolute Gasteiger partial charge is 0.380 e. The Hall–Kier alpha value is -1.63. The monoisotopic (exact) mass is 278 g/mol. The van der Waals surface area contributed by atoms with E-state index in [9.17, 15) is 0 Å². The second-order valence-corrected chi connectivity index (χ2v) is 5.29. The van der Waals surface area contributed by atoms with Crippen LogP contribution in [-0.4, -0.2) is 54.3 Å². The lowest BCUT2D eigenvalue weighted by Gasteiger charge is -2.28. The quantitative estimate of drug-likeness (QED) is 0.851. The van der Waals surface area contributed by atoms with Crippen LogP contribution in [0.3, 0.4) is 0 Å². The highest BCUT2D eigenvalue weighted by atomic mass is 16.5. The molecule has 2 aliphatic heterocycles. The first kappa shape index (κ1) is 13.4. The summed E-state index contributed by atoms with van der Waals surface area (Å²) in [4.78, 5) is 17.6. The maximum Gasteiger partial charge on any atom is 0.232 e. The van der Waals surface area contributed by atoms with Gasteiger partial charge in [-0.2, -0.15) is 15.0 Å². The lowest BCUT2D eigenvalue weighted by atomic mass is 10.1. The number of nitrogens with zero attached hydrogens (tertiary/aromatic N) is 5. The van der Waals surface area contributed by atoms with Crippen LogP contribution in [0.4, 0.5) is 17.8 Å². The molecule has 7 nitrogen and oxygen atoms in total. The van der Waals surface area contributed by atoms with Crippen LogP contribution in [0.5, 0.6) is 0 Å². The Morgan fingerprint density at radius 1 is 0.750 bits per heavy atom. The molecule has 0 atom stereocenters. The van der Waals surface area contributed by atoms with Gasteiger partial charge in [0.15, 0.2) is 0 Å². The van der Waals surface area contributed by atoms with Gasteiger partial charge in [0, 0.05) is 32.8 Å². The van der Waals surface area contributed by atoms with Gasteiger partial charge in [0.25, 0.3) is 0 Å². The molecule has 2 saturated heterocycles. The number of hydrogen-bond donors (Lipinski definition) is 1. The first-order valence-corrected chi connectivity index (χ1v) is 7.42. The molecule has 1 aromatic heterocycles. The van der Waals surface area contributed by atoms with Gasteiger partial charge >= 0.3 is 0 Å². The second kappa shape index (κ2) is 6.21. The molecule has 3 heterocycles. The van der Waals surface area contributed by atoms with Gasteiger partial charge in [-0.05, 0) is 25.7 Å². The molecule has 0 unspecified atom stereocenters. The van der Waals surface area contributed by atoms with E-state index in [0.29, 0.717) is 18.5 Å². The zero-order valence-electron chi connectivity index (χ0n) is 11.8. The van der Waals surface area contributed by atoms with Crippen LogP contribution in [0.25, 0.3) is 0 Å². The van der Waals surface area contributed by atoms with E-state index in [4.69, 9.17) is 10.5 Å². The van der Waals surface area contributed by atoms with Crippen molar-refractivity contribution in [3.05, 3.63) is 0 Å². The Labute approximate surface area is 119 Å². The van der Waals surface area contributed by atoms with Crippen molar-refractivity contribution in [1.82, 2.24) is 15.0 Å². The highest BCUT2D eigenvalue weighted by molar-refractivity contribution is 5.43. The predicted molar refractivity (Wildman–Crippen MR) is 78.0 cm³/mol. The zero-order valence-corrected chi connectivity index (χ0v) is 11.8. The van der Waals surface area contributed by atoms with Crippen LogP contribution in [0.1, 0.15) is 25.7 Å². The van der Waals surface area contributed by atoms with Crippen LogP contribution in [0.2, 0.25) is 0 Å². The minimum Gasteiger partial charge on any atom is -0.380 e. The summed E-state index contributed by atoms with van der Waals surface area (Å²) in [5.74, 6) is 1.71. The number of anilines is 3. The van der Waals surface area contributed by atoms with Gasteiger partial charge in [-0.1, -0.05) is 0 Å². The van der Waals surface area contributed by atoms with E-state index in [0.717, 1.165) is 45.2 Å². The van der Waals surface area contributed by atoms with Crippen LogP contribution in [0, 0.1) is 0 Å². The minimum atomic E-state index is 0.306. The zero-order chi connectivity index (χ0) is 13.8. The number of piperidine rings is 1. The topological polar surface area (TPSA) is 80.4 Å². The lowest BCUT2D eigenvalue weighted by Crippen LogP contribution is -2.33. The summed E-state index contributed by atoms with van der Waals surface area (Å²) in [6.45, 7) is 5.24. The number of hydrogen-bond acceptors (Lipinski definition) is 7. The number of nitrogens with two attached hydrogens (primary N) is 1. The summed E-state index contributed by atoms with van der Waals surface area (Å²) >= 11 is 0. The van der Waals surface area contributed by atoms with Crippen molar-refractivity contribution in [3.63, 3.8) is 0 Å². The van der Waals surface area contributed by atoms with Crippen LogP contribution >= 0.6 is 0 Å². The molecule has 0 aliphatic carbocycles. The van der Waals surface area contributed by atoms with Gasteiger partial charge in [0.1, 0.15) is 0 Å². The Bertz CT molecular complexity index is 440. The molecule has 2 aliphatic rings. The summed E-state index contributed by atoms with van der Waals surface area (Å²) in [5.41, 5.74) is 5.87. The fourth-order valence-corrected chi connectivity index (χ4v) is 2.69. The lowest BCUT2D eigenvalue weighted by molar-refractivity contribution is 0.152. The molecule has 1 aromatic rings. The maximum absolute atomic E-state index is 5.87. The molecule has 2 N–H and O–H groups in total. The molecule has 20 heavy (non-hydrogen) atoms. The highest BCUT2D eigenvalue weighted by Crippen LogP contribution is 2.19. The molecular formula is C13H22N6O. The molecule has 2 fully saturated rings.